The Morgan fingerprint density at radius 2 is 1.49 bits per heavy atom. The number of ether oxygens (including phenoxy) is 1. The predicted molar refractivity (Wildman–Crippen MR) is 146 cm³/mol. The van der Waals surface area contributed by atoms with Gasteiger partial charge in [0.25, 0.3) is 5.91 Å². The normalized spacial score (nSPS) is 13.5. The summed E-state index contributed by atoms with van der Waals surface area (Å²) >= 11 is 0. The van der Waals surface area contributed by atoms with Gasteiger partial charge in [0, 0.05) is 16.8 Å². The average molecular weight is 486 g/mol. The van der Waals surface area contributed by atoms with Gasteiger partial charge in [-0.2, -0.15) is 0 Å². The highest BCUT2D eigenvalue weighted by Crippen LogP contribution is 2.24. The van der Waals surface area contributed by atoms with Gasteiger partial charge < -0.3 is 10.1 Å². The summed E-state index contributed by atoms with van der Waals surface area (Å²) in [6.07, 6.45) is 5.95. The number of fused-ring (bicyclic) bond motifs is 4. The number of benzene rings is 4. The lowest BCUT2D eigenvalue weighted by Crippen LogP contribution is -2.25. The number of para-hydroxylation sites is 1. The first-order valence-corrected chi connectivity index (χ1v) is 12.7. The molecule has 182 valence electrons. The lowest BCUT2D eigenvalue weighted by atomic mass is 9.84. The van der Waals surface area contributed by atoms with Gasteiger partial charge in [0.2, 0.25) is 0 Å². The Morgan fingerprint density at radius 1 is 0.730 bits per heavy atom. The number of rotatable bonds is 6. The van der Waals surface area contributed by atoms with Crippen LogP contribution in [0.5, 0.6) is 5.75 Å². The monoisotopic (exact) mass is 485 g/mol. The van der Waals surface area contributed by atoms with Gasteiger partial charge in [-0.05, 0) is 94.1 Å². The average Bonchev–Trinajstić information content (AvgIpc) is 2.96. The first kappa shape index (κ1) is 23.0. The summed E-state index contributed by atoms with van der Waals surface area (Å²) in [7, 11) is 0. The Balaban J connectivity index is 1.25. The highest BCUT2D eigenvalue weighted by molar-refractivity contribution is 6.24. The quantitative estimate of drug-likeness (QED) is 0.403. The predicted octanol–water partition coefficient (Wildman–Crippen LogP) is 4.70. The van der Waals surface area contributed by atoms with Gasteiger partial charge >= 0.3 is 0 Å². The fourth-order valence-corrected chi connectivity index (χ4v) is 5.43. The molecule has 0 fully saturated rings. The van der Waals surface area contributed by atoms with E-state index in [-0.39, 0.29) is 18.3 Å². The number of anilines is 1. The van der Waals surface area contributed by atoms with Crippen molar-refractivity contribution < 1.29 is 14.3 Å². The minimum Gasteiger partial charge on any atom is -0.484 e. The Kier molecular flexibility index (Phi) is 6.15. The topological polar surface area (TPSA) is 55.4 Å². The molecule has 0 heterocycles. The van der Waals surface area contributed by atoms with E-state index < -0.39 is 0 Å². The second-order valence-electron chi connectivity index (χ2n) is 9.50. The first-order chi connectivity index (χ1) is 18.2. The molecular formula is C33H27NO3. The van der Waals surface area contributed by atoms with Crippen molar-refractivity contribution in [2.24, 2.45) is 0 Å². The second kappa shape index (κ2) is 9.90. The number of ketones is 1. The van der Waals surface area contributed by atoms with Gasteiger partial charge in [0.05, 0.1) is 0 Å². The Bertz CT molecular complexity index is 1720. The van der Waals surface area contributed by atoms with Crippen molar-refractivity contribution in [2.45, 2.75) is 25.7 Å². The maximum absolute atomic E-state index is 13.6. The van der Waals surface area contributed by atoms with E-state index >= 15 is 0 Å². The van der Waals surface area contributed by atoms with Crippen molar-refractivity contribution in [3.63, 3.8) is 0 Å². The fraction of sp³-hybridized carbons (Fsp3) is 0.152. The van der Waals surface area contributed by atoms with Crippen LogP contribution in [0.4, 0.5) is 5.69 Å². The van der Waals surface area contributed by atoms with Gasteiger partial charge in [-0.1, -0.05) is 60.7 Å². The molecule has 4 aromatic carbocycles. The van der Waals surface area contributed by atoms with Crippen molar-refractivity contribution >= 4 is 29.0 Å². The number of Topliss-reactive ketones (excluding diaryl/α,β-unsaturated/α-hetero) is 1. The van der Waals surface area contributed by atoms with E-state index in [0.717, 1.165) is 36.5 Å². The highest BCUT2D eigenvalue weighted by atomic mass is 16.5. The first-order valence-electron chi connectivity index (χ1n) is 12.7. The molecule has 2 aliphatic rings. The van der Waals surface area contributed by atoms with Gasteiger partial charge in [-0.25, -0.2) is 0 Å². The zero-order valence-electron chi connectivity index (χ0n) is 20.5. The molecule has 0 spiro atoms. The number of hydrogen-bond acceptors (Lipinski definition) is 3. The summed E-state index contributed by atoms with van der Waals surface area (Å²) in [5.74, 6) is 0.458. The third kappa shape index (κ3) is 4.58. The highest BCUT2D eigenvalue weighted by Gasteiger charge is 2.21. The van der Waals surface area contributed by atoms with Crippen LogP contribution in [0.1, 0.15) is 34.3 Å². The standard InChI is InChI=1S/C33H27NO3/c35-32(21-37-25-8-2-1-3-9-25)34-24-16-13-23(14-17-24)33(36)31-12-6-11-27-29-18-15-22-7-4-5-10-26(22)28(29)19-20-30(27)31/h1-5,7-10,13-17,19-20H,6,11-12,18,21H2,(H,34,35). The Labute approximate surface area is 215 Å². The fourth-order valence-electron chi connectivity index (χ4n) is 5.43. The molecule has 0 aromatic heterocycles. The van der Waals surface area contributed by atoms with E-state index in [9.17, 15) is 9.59 Å². The molecule has 1 amide bonds. The molecule has 2 aliphatic carbocycles. The minimum atomic E-state index is -0.248. The van der Waals surface area contributed by atoms with Crippen LogP contribution in [0.25, 0.3) is 11.6 Å². The van der Waals surface area contributed by atoms with E-state index in [1.807, 2.05) is 30.3 Å². The third-order valence-corrected chi connectivity index (χ3v) is 7.20. The second-order valence-corrected chi connectivity index (χ2v) is 9.50. The number of carbonyl (C=O) groups excluding carboxylic acids is 2. The van der Waals surface area contributed by atoms with E-state index in [1.54, 1.807) is 24.3 Å². The van der Waals surface area contributed by atoms with E-state index in [4.69, 9.17) is 4.74 Å². The SMILES string of the molecule is O=C(COc1ccccc1)Nc1ccc(C(=O)C2=c3ccc4c(c3CCC2)CC=c2ccccc2=4)cc1. The van der Waals surface area contributed by atoms with E-state index in [2.05, 4.69) is 47.8 Å². The smallest absolute Gasteiger partial charge is 0.262 e. The summed E-state index contributed by atoms with van der Waals surface area (Å²) in [5, 5.41) is 7.78. The van der Waals surface area contributed by atoms with Crippen molar-refractivity contribution in [3.8, 4) is 5.75 Å². The van der Waals surface area contributed by atoms with Crippen LogP contribution in [0.15, 0.2) is 91.0 Å². The summed E-state index contributed by atoms with van der Waals surface area (Å²) in [5.41, 5.74) is 4.83. The molecule has 0 unspecified atom stereocenters. The molecule has 4 nitrogen and oxygen atoms in total. The summed E-state index contributed by atoms with van der Waals surface area (Å²) in [4.78, 5) is 25.8. The number of amides is 1. The number of nitrogens with one attached hydrogen (secondary N) is 1. The molecule has 4 heteroatoms. The molecule has 0 radical (unpaired) electrons. The lowest BCUT2D eigenvalue weighted by molar-refractivity contribution is -0.118. The van der Waals surface area contributed by atoms with Crippen LogP contribution >= 0.6 is 0 Å². The largest absolute Gasteiger partial charge is 0.484 e. The maximum Gasteiger partial charge on any atom is 0.262 e. The van der Waals surface area contributed by atoms with Crippen molar-refractivity contribution in [3.05, 3.63) is 129 Å². The van der Waals surface area contributed by atoms with Crippen molar-refractivity contribution in [1.82, 2.24) is 0 Å². The molecule has 0 aliphatic heterocycles. The van der Waals surface area contributed by atoms with Crippen LogP contribution in [0.3, 0.4) is 0 Å². The molecule has 0 bridgehead atoms. The Hall–Kier alpha value is -4.44. The van der Waals surface area contributed by atoms with Crippen molar-refractivity contribution in [1.29, 1.82) is 0 Å². The Morgan fingerprint density at radius 3 is 2.32 bits per heavy atom. The molecule has 0 saturated heterocycles. The molecule has 0 atom stereocenters. The molecule has 37 heavy (non-hydrogen) atoms. The van der Waals surface area contributed by atoms with Gasteiger partial charge in [-0.15, -0.1) is 0 Å². The zero-order valence-corrected chi connectivity index (χ0v) is 20.5. The summed E-state index contributed by atoms with van der Waals surface area (Å²) in [6.45, 7) is -0.0777. The lowest BCUT2D eigenvalue weighted by Gasteiger charge is -2.20. The maximum atomic E-state index is 13.6. The van der Waals surface area contributed by atoms with Crippen LogP contribution in [0.2, 0.25) is 0 Å². The van der Waals surface area contributed by atoms with Crippen LogP contribution in [-0.4, -0.2) is 18.3 Å². The zero-order chi connectivity index (χ0) is 25.2. The van der Waals surface area contributed by atoms with E-state index in [0.29, 0.717) is 17.0 Å². The summed E-state index contributed by atoms with van der Waals surface area (Å²) < 4.78 is 5.50. The van der Waals surface area contributed by atoms with Gasteiger partial charge in [0.15, 0.2) is 12.4 Å². The number of carbonyl (C=O) groups is 2. The molecule has 6 rings (SSSR count). The number of hydrogen-bond donors (Lipinski definition) is 1. The van der Waals surface area contributed by atoms with Gasteiger partial charge in [-0.3, -0.25) is 9.59 Å². The molecular weight excluding hydrogens is 458 g/mol. The molecule has 1 N–H and O–H groups in total. The van der Waals surface area contributed by atoms with E-state index in [1.165, 1.54) is 26.8 Å². The van der Waals surface area contributed by atoms with Crippen LogP contribution in [-0.2, 0) is 17.6 Å². The van der Waals surface area contributed by atoms with Crippen LogP contribution in [0, 0.1) is 10.4 Å². The third-order valence-electron chi connectivity index (χ3n) is 7.20. The van der Waals surface area contributed by atoms with Crippen LogP contribution < -0.4 is 20.5 Å². The minimum absolute atomic E-state index is 0.0615. The molecule has 4 aromatic rings. The molecule has 0 saturated carbocycles. The van der Waals surface area contributed by atoms with Gasteiger partial charge in [0.1, 0.15) is 5.75 Å². The van der Waals surface area contributed by atoms with Crippen molar-refractivity contribution in [2.75, 3.05) is 11.9 Å². The summed E-state index contributed by atoms with van der Waals surface area (Å²) in [6, 6.07) is 29.2.